The first kappa shape index (κ1) is 9.72. The third-order valence-corrected chi connectivity index (χ3v) is 1.29. The van der Waals surface area contributed by atoms with E-state index in [9.17, 15) is 4.79 Å². The van der Waals surface area contributed by atoms with Crippen molar-refractivity contribution in [2.45, 2.75) is 0 Å². The van der Waals surface area contributed by atoms with E-state index >= 15 is 0 Å². The summed E-state index contributed by atoms with van der Waals surface area (Å²) in [5.74, 6) is -0.534. The molecule has 1 amide bonds. The lowest BCUT2D eigenvalue weighted by Crippen LogP contribution is -2.32. The van der Waals surface area contributed by atoms with Crippen LogP contribution in [-0.4, -0.2) is 23.3 Å². The molecule has 0 bridgehead atoms. The summed E-state index contributed by atoms with van der Waals surface area (Å²) in [7, 11) is -2.01. The molecule has 13 heavy (non-hydrogen) atoms. The molecule has 0 aliphatic carbocycles. The van der Waals surface area contributed by atoms with Crippen molar-refractivity contribution in [3.05, 3.63) is 35.9 Å². The molecular formula is C7H8BNO4. The first-order valence-electron chi connectivity index (χ1n) is 3.57. The third kappa shape index (κ3) is 3.24. The zero-order valence-electron chi connectivity index (χ0n) is 6.68. The van der Waals surface area contributed by atoms with E-state index in [1.54, 1.807) is 30.3 Å². The Bertz CT molecular complexity index is 277. The van der Waals surface area contributed by atoms with Crippen molar-refractivity contribution < 1.29 is 19.6 Å². The summed E-state index contributed by atoms with van der Waals surface area (Å²) >= 11 is 0. The zero-order chi connectivity index (χ0) is 9.68. The maximum atomic E-state index is 11.1. The minimum Gasteiger partial charge on any atom is -0.400 e. The minimum absolute atomic E-state index is 0.378. The Kier molecular flexibility index (Phi) is 3.45. The van der Waals surface area contributed by atoms with E-state index in [0.717, 1.165) is 0 Å². The Balaban J connectivity index is 2.50. The fourth-order valence-corrected chi connectivity index (χ4v) is 0.755. The van der Waals surface area contributed by atoms with Crippen LogP contribution in [0, 0.1) is 0 Å². The van der Waals surface area contributed by atoms with Crippen LogP contribution in [0.3, 0.4) is 0 Å². The first-order chi connectivity index (χ1) is 6.20. The number of nitrogens with one attached hydrogen (secondary N) is 1. The number of hydrogen-bond donors (Lipinski definition) is 3. The maximum Gasteiger partial charge on any atom is 0.656 e. The number of benzene rings is 1. The van der Waals surface area contributed by atoms with E-state index < -0.39 is 13.2 Å². The Hall–Kier alpha value is -1.37. The lowest BCUT2D eigenvalue weighted by atomic mass is 10.2. The van der Waals surface area contributed by atoms with Crippen LogP contribution in [0.15, 0.2) is 30.3 Å². The second kappa shape index (κ2) is 4.61. The van der Waals surface area contributed by atoms with Crippen molar-refractivity contribution in [2.75, 3.05) is 0 Å². The van der Waals surface area contributed by atoms with E-state index in [-0.39, 0.29) is 0 Å². The summed E-state index contributed by atoms with van der Waals surface area (Å²) in [6, 6.07) is 8.28. The van der Waals surface area contributed by atoms with Crippen LogP contribution in [0.2, 0.25) is 0 Å². The largest absolute Gasteiger partial charge is 0.656 e. The molecule has 0 saturated heterocycles. The number of carbonyl (C=O) groups excluding carboxylic acids is 1. The van der Waals surface area contributed by atoms with Gasteiger partial charge in [0.15, 0.2) is 0 Å². The van der Waals surface area contributed by atoms with Crippen molar-refractivity contribution >= 4 is 13.2 Å². The zero-order valence-corrected chi connectivity index (χ0v) is 6.68. The molecule has 0 aromatic heterocycles. The molecule has 0 aliphatic heterocycles. The van der Waals surface area contributed by atoms with Crippen molar-refractivity contribution in [2.24, 2.45) is 0 Å². The fourth-order valence-electron chi connectivity index (χ4n) is 0.755. The van der Waals surface area contributed by atoms with Crippen LogP contribution in [-0.2, 0) is 4.76 Å². The second-order valence-corrected chi connectivity index (χ2v) is 2.24. The Morgan fingerprint density at radius 3 is 2.46 bits per heavy atom. The molecule has 0 spiro atoms. The highest BCUT2D eigenvalue weighted by Crippen LogP contribution is 1.97. The second-order valence-electron chi connectivity index (χ2n) is 2.24. The number of rotatable bonds is 3. The van der Waals surface area contributed by atoms with E-state index in [1.807, 2.05) is 5.48 Å². The van der Waals surface area contributed by atoms with Crippen LogP contribution in [0.1, 0.15) is 10.4 Å². The van der Waals surface area contributed by atoms with E-state index in [1.165, 1.54) is 0 Å². The van der Waals surface area contributed by atoms with Crippen molar-refractivity contribution in [1.82, 2.24) is 5.48 Å². The molecule has 5 nitrogen and oxygen atoms in total. The number of hydroxylamine groups is 1. The maximum absolute atomic E-state index is 11.1. The SMILES string of the molecule is O=C(NOB(O)O)c1ccccc1. The molecule has 0 aliphatic rings. The minimum atomic E-state index is -2.01. The fraction of sp³-hybridized carbons (Fsp3) is 0. The Morgan fingerprint density at radius 1 is 1.31 bits per heavy atom. The summed E-state index contributed by atoms with van der Waals surface area (Å²) < 4.78 is 4.07. The standard InChI is InChI=1S/C7H8BNO4/c10-7(9-13-8(11)12)6-4-2-1-3-5-6/h1-5,11-12H,(H,9,10). The molecule has 0 heterocycles. The average Bonchev–Trinajstić information content (AvgIpc) is 2.15. The van der Waals surface area contributed by atoms with Gasteiger partial charge in [-0.3, -0.25) is 9.55 Å². The molecule has 1 rings (SSSR count). The van der Waals surface area contributed by atoms with Gasteiger partial charge in [-0.25, -0.2) is 5.48 Å². The monoisotopic (exact) mass is 181 g/mol. The highest BCUT2D eigenvalue weighted by atomic mass is 16.7. The van der Waals surface area contributed by atoms with Gasteiger partial charge < -0.3 is 10.0 Å². The highest BCUT2D eigenvalue weighted by Gasteiger charge is 2.11. The van der Waals surface area contributed by atoms with Gasteiger partial charge in [-0.05, 0) is 12.1 Å². The number of carbonyl (C=O) groups is 1. The normalized spacial score (nSPS) is 9.38. The molecule has 0 unspecified atom stereocenters. The van der Waals surface area contributed by atoms with Gasteiger partial charge in [-0.1, -0.05) is 18.2 Å². The summed E-state index contributed by atoms with van der Waals surface area (Å²) in [6.07, 6.45) is 0. The van der Waals surface area contributed by atoms with Gasteiger partial charge >= 0.3 is 7.32 Å². The molecule has 0 atom stereocenters. The lowest BCUT2D eigenvalue weighted by Gasteiger charge is -2.03. The summed E-state index contributed by atoms with van der Waals surface area (Å²) in [6.45, 7) is 0. The summed E-state index contributed by atoms with van der Waals surface area (Å²) in [5, 5.41) is 16.5. The van der Waals surface area contributed by atoms with Crippen molar-refractivity contribution in [1.29, 1.82) is 0 Å². The van der Waals surface area contributed by atoms with Crippen LogP contribution in [0.25, 0.3) is 0 Å². The van der Waals surface area contributed by atoms with Crippen molar-refractivity contribution in [3.63, 3.8) is 0 Å². The molecule has 3 N–H and O–H groups in total. The predicted molar refractivity (Wildman–Crippen MR) is 45.2 cm³/mol. The quantitative estimate of drug-likeness (QED) is 0.426. The molecule has 0 radical (unpaired) electrons. The summed E-state index contributed by atoms with van der Waals surface area (Å²) in [5.41, 5.74) is 2.24. The van der Waals surface area contributed by atoms with Crippen LogP contribution < -0.4 is 5.48 Å². The van der Waals surface area contributed by atoms with Crippen LogP contribution >= 0.6 is 0 Å². The molecule has 1 aromatic rings. The molecule has 68 valence electrons. The van der Waals surface area contributed by atoms with E-state index in [4.69, 9.17) is 10.0 Å². The number of hydrogen-bond acceptors (Lipinski definition) is 4. The van der Waals surface area contributed by atoms with Gasteiger partial charge in [-0.15, -0.1) is 0 Å². The molecule has 6 heteroatoms. The van der Waals surface area contributed by atoms with Crippen LogP contribution in [0.4, 0.5) is 0 Å². The van der Waals surface area contributed by atoms with Gasteiger partial charge in [0, 0.05) is 5.56 Å². The third-order valence-electron chi connectivity index (χ3n) is 1.29. The smallest absolute Gasteiger partial charge is 0.400 e. The van der Waals surface area contributed by atoms with Gasteiger partial charge in [0.05, 0.1) is 0 Å². The molecule has 0 saturated carbocycles. The van der Waals surface area contributed by atoms with Gasteiger partial charge in [0.25, 0.3) is 5.91 Å². The first-order valence-corrected chi connectivity index (χ1v) is 3.57. The topological polar surface area (TPSA) is 78.8 Å². The molecule has 0 fully saturated rings. The highest BCUT2D eigenvalue weighted by molar-refractivity contribution is 6.32. The lowest BCUT2D eigenvalue weighted by molar-refractivity contribution is 0.0619. The summed E-state index contributed by atoms with van der Waals surface area (Å²) in [4.78, 5) is 11.1. The number of amides is 1. The predicted octanol–water partition coefficient (Wildman–Crippen LogP) is -0.683. The Labute approximate surface area is 75.1 Å². The Morgan fingerprint density at radius 2 is 1.92 bits per heavy atom. The van der Waals surface area contributed by atoms with Gasteiger partial charge in [0.1, 0.15) is 0 Å². The van der Waals surface area contributed by atoms with Gasteiger partial charge in [-0.2, -0.15) is 0 Å². The van der Waals surface area contributed by atoms with Crippen molar-refractivity contribution in [3.8, 4) is 0 Å². The molecular weight excluding hydrogens is 173 g/mol. The van der Waals surface area contributed by atoms with E-state index in [2.05, 4.69) is 4.76 Å². The van der Waals surface area contributed by atoms with E-state index in [0.29, 0.717) is 5.56 Å². The van der Waals surface area contributed by atoms with Gasteiger partial charge in [0.2, 0.25) is 0 Å². The average molecular weight is 181 g/mol. The van der Waals surface area contributed by atoms with Crippen LogP contribution in [0.5, 0.6) is 0 Å². The molecule has 1 aromatic carbocycles.